The minimum Gasteiger partial charge on any atom is -0.493 e. The first-order valence-electron chi connectivity index (χ1n) is 33.9. The van der Waals surface area contributed by atoms with Gasteiger partial charge in [0, 0.05) is 56.6 Å². The molecule has 0 aliphatic carbocycles. The lowest BCUT2D eigenvalue weighted by Crippen LogP contribution is -2.28. The van der Waals surface area contributed by atoms with Gasteiger partial charge in [0.2, 0.25) is 0 Å². The van der Waals surface area contributed by atoms with Gasteiger partial charge in [0.15, 0.2) is 0 Å². The summed E-state index contributed by atoms with van der Waals surface area (Å²) in [4.78, 5) is 128. The fraction of sp³-hybridized carbons (Fsp3) is 0.238. The molecule has 4 aromatic heterocycles. The van der Waals surface area contributed by atoms with Crippen LogP contribution in [0.3, 0.4) is 0 Å². The lowest BCUT2D eigenvalue weighted by molar-refractivity contribution is 0.289. The molecule has 16 heteroatoms. The van der Waals surface area contributed by atoms with Crippen LogP contribution < -0.4 is 63.4 Å². The Morgan fingerprint density at radius 2 is 0.460 bits per heavy atom. The number of hydrogen-bond donors (Lipinski definition) is 0. The van der Waals surface area contributed by atoms with Crippen molar-refractivity contribution in [3.05, 3.63) is 295 Å². The van der Waals surface area contributed by atoms with Gasteiger partial charge < -0.3 is 18.9 Å². The molecule has 4 aliphatic heterocycles. The first kappa shape index (κ1) is 66.4. The third kappa shape index (κ3) is 12.8. The molecule has 0 radical (unpaired) electrons. The molecule has 16 nitrogen and oxygen atoms in total. The zero-order valence-corrected chi connectivity index (χ0v) is 55.9. The quantitative estimate of drug-likeness (QED) is 0.0657. The van der Waals surface area contributed by atoms with E-state index in [0.717, 1.165) is 44.0 Å². The van der Waals surface area contributed by atoms with Crippen molar-refractivity contribution in [2.45, 2.75) is 105 Å². The van der Waals surface area contributed by atoms with Crippen LogP contribution in [0, 0.1) is 47.4 Å². The normalized spacial score (nSPS) is 11.7. The molecule has 16 bridgehead atoms. The van der Waals surface area contributed by atoms with E-state index in [1.54, 1.807) is 121 Å². The Morgan fingerprint density at radius 3 is 0.640 bits per heavy atom. The highest BCUT2D eigenvalue weighted by molar-refractivity contribution is 6.11. The van der Waals surface area contributed by atoms with E-state index in [0.29, 0.717) is 47.9 Å². The fourth-order valence-electron chi connectivity index (χ4n) is 12.7. The predicted octanol–water partition coefficient (Wildman–Crippen LogP) is 11.0. The molecule has 16 rings (SSSR count). The van der Waals surface area contributed by atoms with Crippen LogP contribution in [0.4, 0.5) is 0 Å². The molecule has 0 atom stereocenters. The second kappa shape index (κ2) is 29.2. The van der Waals surface area contributed by atoms with Gasteiger partial charge in [0.25, 0.3) is 44.5 Å². The van der Waals surface area contributed by atoms with Crippen LogP contribution in [0.25, 0.3) is 43.1 Å². The topological polar surface area (TPSA) is 193 Å². The van der Waals surface area contributed by atoms with Gasteiger partial charge in [-0.1, -0.05) is 174 Å². The largest absolute Gasteiger partial charge is 0.493 e. The van der Waals surface area contributed by atoms with Gasteiger partial charge in [-0.2, -0.15) is 0 Å². The summed E-state index contributed by atoms with van der Waals surface area (Å²) in [6.45, 7) is 6.85. The Hall–Kier alpha value is -12.2. The summed E-state index contributed by atoms with van der Waals surface area (Å²) < 4.78 is 30.2. The Morgan fingerprint density at radius 1 is 0.270 bits per heavy atom. The maximum Gasteiger partial charge on any atom is 0.263 e. The van der Waals surface area contributed by atoms with Crippen molar-refractivity contribution >= 4 is 43.1 Å². The molecule has 496 valence electrons. The monoisotopic (exact) mass is 1320 g/mol. The molecule has 100 heavy (non-hydrogen) atoms. The van der Waals surface area contributed by atoms with Crippen molar-refractivity contribution in [3.8, 4) is 70.4 Å². The van der Waals surface area contributed by atoms with Crippen LogP contribution in [0.2, 0.25) is 0 Å². The highest BCUT2D eigenvalue weighted by Gasteiger charge is 2.33. The molecule has 4 aliphatic rings. The van der Waals surface area contributed by atoms with E-state index in [9.17, 15) is 0 Å². The van der Waals surface area contributed by atoms with Gasteiger partial charge in [-0.05, 0) is 86.3 Å². The molecule has 0 fully saturated rings. The van der Waals surface area contributed by atoms with E-state index in [1.807, 2.05) is 52.0 Å². The van der Waals surface area contributed by atoms with E-state index in [2.05, 4.69) is 47.4 Å². The van der Waals surface area contributed by atoms with Gasteiger partial charge in [-0.25, -0.2) is 0 Å². The van der Waals surface area contributed by atoms with E-state index in [4.69, 9.17) is 18.9 Å². The van der Waals surface area contributed by atoms with Crippen molar-refractivity contribution in [2.75, 3.05) is 26.4 Å². The molecule has 0 unspecified atom stereocenters. The zero-order valence-electron chi connectivity index (χ0n) is 55.9. The SMILES string of the molecule is CCCCOc1cc(OCCCC)c2cc1Cn1c(=O)c3c(C#Cc4ccccc4)c4c(=O)n(c(=O)c4c(C#Cc4ccccc4)c3c1=O)Cc1cc(c(OCCCC)cc1OCCCC)Cn1c(=O)c3c(C#Cc4ccccc4)c4c(=O)n(c(=O)c4c(C#Cc4ccccc4)c3c1=O)C2. The number of ether oxygens (including phenoxy) is 4. The summed E-state index contributed by atoms with van der Waals surface area (Å²) in [7, 11) is 0. The highest BCUT2D eigenvalue weighted by Crippen LogP contribution is 2.36. The van der Waals surface area contributed by atoms with E-state index in [-0.39, 0.29) is 137 Å². The third-order valence-electron chi connectivity index (χ3n) is 17.9. The number of hydrogen-bond acceptors (Lipinski definition) is 12. The molecule has 12 aromatic rings. The van der Waals surface area contributed by atoms with Crippen molar-refractivity contribution < 1.29 is 18.9 Å². The molecule has 8 aromatic carbocycles. The van der Waals surface area contributed by atoms with Gasteiger partial charge in [-0.15, -0.1) is 0 Å². The number of unbranched alkanes of at least 4 members (excludes halogenated alkanes) is 4. The van der Waals surface area contributed by atoms with Crippen LogP contribution in [0.15, 0.2) is 184 Å². The summed E-state index contributed by atoms with van der Waals surface area (Å²) in [5, 5.41) is -2.00. The molecule has 0 amide bonds. The second-order valence-electron chi connectivity index (χ2n) is 24.7. The van der Waals surface area contributed by atoms with Crippen molar-refractivity contribution in [1.29, 1.82) is 0 Å². The molecule has 8 heterocycles. The van der Waals surface area contributed by atoms with Crippen molar-refractivity contribution in [1.82, 2.24) is 18.3 Å². The van der Waals surface area contributed by atoms with E-state index < -0.39 is 70.7 Å². The van der Waals surface area contributed by atoms with Gasteiger partial charge in [0.05, 0.1) is 118 Å². The Balaban J connectivity index is 1.19. The second-order valence-corrected chi connectivity index (χ2v) is 24.7. The first-order valence-corrected chi connectivity index (χ1v) is 33.9. The number of benzene rings is 8. The average molecular weight is 1330 g/mol. The maximum absolute atomic E-state index is 16.0. The first-order chi connectivity index (χ1) is 48.8. The standard InChI is InChI=1S/C84H68N4O12/c1-5-9-41-97-65-47-66(98-42-10-6-2)58-45-57(65)49-85-77(89)69-61(37-33-53-25-17-13-18-26-53)71-72(62(70(69)78(85)90)38-34-54-27-19-14-20-28-54)82(94)87(81(71)93)51-59-46-60(68(100-44-12-8-4)48-67(59)99-43-11-7-3)52-88-83(95)75-63(39-35-55-29-21-15-22-30-55)73-74(80(92)86(50-58)79(73)91)64(76(75)84(88)96)40-36-56-31-23-16-24-32-56/h13-32,45-48H,5-12,41-44,49-52H2,1-4H3. The molecule has 0 saturated carbocycles. The van der Waals surface area contributed by atoms with Crippen LogP contribution in [0.5, 0.6) is 23.0 Å². The highest BCUT2D eigenvalue weighted by atomic mass is 16.5. The molecule has 0 N–H and O–H groups in total. The van der Waals surface area contributed by atoms with Gasteiger partial charge in [0.1, 0.15) is 23.0 Å². The van der Waals surface area contributed by atoms with Gasteiger partial charge in [-0.3, -0.25) is 56.6 Å². The minimum atomic E-state index is -0.848. The van der Waals surface area contributed by atoms with Crippen molar-refractivity contribution in [2.24, 2.45) is 0 Å². The Labute approximate surface area is 574 Å². The lowest BCUT2D eigenvalue weighted by atomic mass is 9.96. The smallest absolute Gasteiger partial charge is 0.263 e. The lowest BCUT2D eigenvalue weighted by Gasteiger charge is -2.18. The number of nitrogens with zero attached hydrogens (tertiary/aromatic N) is 4. The van der Waals surface area contributed by atoms with E-state index in [1.165, 1.54) is 0 Å². The third-order valence-corrected chi connectivity index (χ3v) is 17.9. The Bertz CT molecular complexity index is 5050. The summed E-state index contributed by atoms with van der Waals surface area (Å²) in [6, 6.07) is 41.9. The van der Waals surface area contributed by atoms with Crippen LogP contribution in [-0.2, 0) is 26.2 Å². The Kier molecular flexibility index (Phi) is 19.4. The van der Waals surface area contributed by atoms with Crippen LogP contribution in [0.1, 0.15) is 146 Å². The molecule has 0 spiro atoms. The average Bonchev–Trinajstić information content (AvgIpc) is 1.55. The maximum atomic E-state index is 16.0. The minimum absolute atomic E-state index is 0.172. The zero-order chi connectivity index (χ0) is 69.6. The summed E-state index contributed by atoms with van der Waals surface area (Å²) >= 11 is 0. The summed E-state index contributed by atoms with van der Waals surface area (Å²) in [6.07, 6.45) is 5.41. The van der Waals surface area contributed by atoms with Crippen LogP contribution in [-0.4, -0.2) is 44.7 Å². The van der Waals surface area contributed by atoms with Crippen LogP contribution >= 0.6 is 0 Å². The summed E-state index contributed by atoms with van der Waals surface area (Å²) in [5.41, 5.74) is -4.45. The molecular weight excluding hydrogens is 1260 g/mol. The predicted molar refractivity (Wildman–Crippen MR) is 390 cm³/mol. The molecule has 0 saturated heterocycles. The van der Waals surface area contributed by atoms with E-state index >= 15 is 38.4 Å². The summed E-state index contributed by atoms with van der Waals surface area (Å²) in [5.74, 6) is 25.8. The van der Waals surface area contributed by atoms with Crippen molar-refractivity contribution in [3.63, 3.8) is 0 Å². The van der Waals surface area contributed by atoms with Gasteiger partial charge >= 0.3 is 0 Å². The molecular formula is C84H68N4O12. The number of aromatic nitrogens is 4. The fourth-order valence-corrected chi connectivity index (χ4v) is 12.7. The number of rotatable bonds is 16.